The van der Waals surface area contributed by atoms with Crippen LogP contribution in [0.5, 0.6) is 0 Å². The number of ether oxygens (including phenoxy) is 1. The topological polar surface area (TPSA) is 64.9 Å². The van der Waals surface area contributed by atoms with Crippen molar-refractivity contribution in [2.75, 3.05) is 11.9 Å². The maximum absolute atomic E-state index is 5.71. The highest BCUT2D eigenvalue weighted by atomic mass is 79.9. The zero-order valence-electron chi connectivity index (χ0n) is 13.2. The molecular weight excluding hydrogens is 370 g/mol. The number of fused-ring (bicyclic) bond motifs is 1. The highest BCUT2D eigenvalue weighted by molar-refractivity contribution is 9.10. The molecule has 1 fully saturated rings. The lowest BCUT2D eigenvalue weighted by Gasteiger charge is -2.10. The van der Waals surface area contributed by atoms with Crippen molar-refractivity contribution in [3.63, 3.8) is 0 Å². The molecule has 1 aliphatic heterocycles. The highest BCUT2D eigenvalue weighted by Crippen LogP contribution is 2.21. The molecular formula is C17H18BrN5O. The van der Waals surface area contributed by atoms with Crippen LogP contribution in [0.4, 0.5) is 5.82 Å². The largest absolute Gasteiger partial charge is 0.376 e. The summed E-state index contributed by atoms with van der Waals surface area (Å²) in [6, 6.07) is 8.21. The average molecular weight is 388 g/mol. The highest BCUT2D eigenvalue weighted by Gasteiger charge is 2.18. The number of aromatic nitrogens is 4. The molecule has 0 spiro atoms. The van der Waals surface area contributed by atoms with Crippen molar-refractivity contribution in [1.29, 1.82) is 0 Å². The van der Waals surface area contributed by atoms with Crippen LogP contribution in [-0.4, -0.2) is 32.2 Å². The molecule has 3 heterocycles. The van der Waals surface area contributed by atoms with Crippen LogP contribution >= 0.6 is 15.9 Å². The Balaban J connectivity index is 1.52. The van der Waals surface area contributed by atoms with Gasteiger partial charge in [0.1, 0.15) is 11.8 Å². The first-order chi connectivity index (χ1) is 11.8. The molecule has 124 valence electrons. The van der Waals surface area contributed by atoms with Crippen LogP contribution < -0.4 is 5.32 Å². The van der Waals surface area contributed by atoms with Crippen molar-refractivity contribution < 1.29 is 4.74 Å². The Hall–Kier alpha value is -1.99. The fourth-order valence-corrected chi connectivity index (χ4v) is 3.20. The van der Waals surface area contributed by atoms with Crippen LogP contribution in [0.2, 0.25) is 0 Å². The van der Waals surface area contributed by atoms with Gasteiger partial charge in [-0.15, -0.1) is 0 Å². The van der Waals surface area contributed by atoms with Gasteiger partial charge >= 0.3 is 0 Å². The van der Waals surface area contributed by atoms with Crippen molar-refractivity contribution >= 4 is 32.9 Å². The van der Waals surface area contributed by atoms with Crippen LogP contribution in [0, 0.1) is 0 Å². The van der Waals surface area contributed by atoms with Gasteiger partial charge in [-0.1, -0.05) is 28.1 Å². The number of nitrogens with zero attached hydrogens (tertiary/aromatic N) is 4. The molecule has 24 heavy (non-hydrogen) atoms. The Morgan fingerprint density at radius 3 is 2.88 bits per heavy atom. The van der Waals surface area contributed by atoms with E-state index in [1.165, 1.54) is 5.56 Å². The molecule has 6 nitrogen and oxygen atoms in total. The molecule has 0 amide bonds. The Kier molecular flexibility index (Phi) is 4.44. The van der Waals surface area contributed by atoms with Crippen LogP contribution in [0.15, 0.2) is 41.4 Å². The molecule has 2 aromatic heterocycles. The Labute approximate surface area is 148 Å². The predicted molar refractivity (Wildman–Crippen MR) is 95.8 cm³/mol. The van der Waals surface area contributed by atoms with Gasteiger partial charge in [0.25, 0.3) is 0 Å². The van der Waals surface area contributed by atoms with E-state index in [1.807, 2.05) is 18.5 Å². The molecule has 1 unspecified atom stereocenters. The maximum atomic E-state index is 5.71. The zero-order valence-corrected chi connectivity index (χ0v) is 14.7. The van der Waals surface area contributed by atoms with E-state index >= 15 is 0 Å². The van der Waals surface area contributed by atoms with Crippen LogP contribution in [0.1, 0.15) is 18.4 Å². The van der Waals surface area contributed by atoms with E-state index in [2.05, 4.69) is 52.9 Å². The number of nitrogens with one attached hydrogen (secondary N) is 1. The van der Waals surface area contributed by atoms with Crippen LogP contribution in [0.25, 0.3) is 11.2 Å². The van der Waals surface area contributed by atoms with E-state index in [9.17, 15) is 0 Å². The Morgan fingerprint density at radius 1 is 1.21 bits per heavy atom. The molecule has 0 aliphatic carbocycles. The monoisotopic (exact) mass is 387 g/mol. The van der Waals surface area contributed by atoms with Gasteiger partial charge in [0.2, 0.25) is 0 Å². The van der Waals surface area contributed by atoms with E-state index in [-0.39, 0.29) is 6.10 Å². The Morgan fingerprint density at radius 2 is 2.08 bits per heavy atom. The summed E-state index contributed by atoms with van der Waals surface area (Å²) >= 11 is 3.45. The number of hydrogen-bond donors (Lipinski definition) is 1. The Bertz CT molecular complexity index is 827. The standard InChI is InChI=1S/C17H18BrN5O/c18-13-5-3-12(4-6-13)8-19-16-15-17(21-10-20-16)23(11-22-15)9-14-2-1-7-24-14/h3-6,10-11,14H,1-2,7-9H2,(H,19,20,21). The van der Waals surface area contributed by atoms with Crippen molar-refractivity contribution in [1.82, 2.24) is 19.5 Å². The summed E-state index contributed by atoms with van der Waals surface area (Å²) in [4.78, 5) is 13.2. The van der Waals surface area contributed by atoms with Crippen molar-refractivity contribution in [2.24, 2.45) is 0 Å². The number of imidazole rings is 1. The molecule has 1 saturated heterocycles. The third kappa shape index (κ3) is 3.27. The summed E-state index contributed by atoms with van der Waals surface area (Å²) in [5.41, 5.74) is 2.83. The summed E-state index contributed by atoms with van der Waals surface area (Å²) in [6.45, 7) is 2.34. The lowest BCUT2D eigenvalue weighted by atomic mass is 10.2. The first kappa shape index (κ1) is 15.5. The summed E-state index contributed by atoms with van der Waals surface area (Å²) in [5, 5.41) is 3.36. The fraction of sp³-hybridized carbons (Fsp3) is 0.353. The molecule has 0 saturated carbocycles. The van der Waals surface area contributed by atoms with E-state index in [0.717, 1.165) is 47.4 Å². The second-order valence-corrected chi connectivity index (χ2v) is 6.82. The molecule has 1 N–H and O–H groups in total. The lowest BCUT2D eigenvalue weighted by molar-refractivity contribution is 0.0978. The molecule has 0 bridgehead atoms. The van der Waals surface area contributed by atoms with Gasteiger partial charge in [-0.2, -0.15) is 0 Å². The fourth-order valence-electron chi connectivity index (χ4n) is 2.94. The normalized spacial score (nSPS) is 17.5. The lowest BCUT2D eigenvalue weighted by Crippen LogP contribution is -2.14. The van der Waals surface area contributed by atoms with Crippen molar-refractivity contribution in [3.05, 3.63) is 47.0 Å². The zero-order chi connectivity index (χ0) is 16.4. The molecule has 1 atom stereocenters. The molecule has 4 rings (SSSR count). The van der Waals surface area contributed by atoms with Crippen molar-refractivity contribution in [2.45, 2.75) is 32.0 Å². The summed E-state index contributed by atoms with van der Waals surface area (Å²) in [6.07, 6.45) is 5.90. The van der Waals surface area contributed by atoms with Gasteiger partial charge in [-0.05, 0) is 30.5 Å². The number of rotatable bonds is 5. The van der Waals surface area contributed by atoms with E-state index < -0.39 is 0 Å². The number of anilines is 1. The van der Waals surface area contributed by atoms with Gasteiger partial charge in [-0.3, -0.25) is 0 Å². The smallest absolute Gasteiger partial charge is 0.165 e. The summed E-state index contributed by atoms with van der Waals surface area (Å²) in [5.74, 6) is 0.758. The van der Waals surface area contributed by atoms with Gasteiger partial charge in [-0.25, -0.2) is 15.0 Å². The summed E-state index contributed by atoms with van der Waals surface area (Å²) in [7, 11) is 0. The quantitative estimate of drug-likeness (QED) is 0.726. The first-order valence-corrected chi connectivity index (χ1v) is 8.84. The van der Waals surface area contributed by atoms with Crippen LogP contribution in [-0.2, 0) is 17.8 Å². The van der Waals surface area contributed by atoms with E-state index in [1.54, 1.807) is 6.33 Å². The minimum atomic E-state index is 0.261. The first-order valence-electron chi connectivity index (χ1n) is 8.05. The van der Waals surface area contributed by atoms with Gasteiger partial charge in [0.15, 0.2) is 11.5 Å². The second-order valence-electron chi connectivity index (χ2n) is 5.91. The van der Waals surface area contributed by atoms with E-state index in [0.29, 0.717) is 6.54 Å². The number of halogens is 1. The van der Waals surface area contributed by atoms with Gasteiger partial charge < -0.3 is 14.6 Å². The molecule has 1 aliphatic rings. The molecule has 3 aromatic rings. The SMILES string of the molecule is Brc1ccc(CNc2ncnc3c2ncn3CC2CCCO2)cc1. The number of hydrogen-bond acceptors (Lipinski definition) is 5. The molecule has 7 heteroatoms. The third-order valence-electron chi connectivity index (χ3n) is 4.20. The van der Waals surface area contributed by atoms with Crippen molar-refractivity contribution in [3.8, 4) is 0 Å². The van der Waals surface area contributed by atoms with Gasteiger partial charge in [0.05, 0.1) is 19.0 Å². The molecule has 1 aromatic carbocycles. The molecule has 0 radical (unpaired) electrons. The predicted octanol–water partition coefficient (Wildman–Crippen LogP) is 3.38. The minimum Gasteiger partial charge on any atom is -0.376 e. The second kappa shape index (κ2) is 6.86. The van der Waals surface area contributed by atoms with Crippen LogP contribution in [0.3, 0.4) is 0 Å². The third-order valence-corrected chi connectivity index (χ3v) is 4.73. The number of benzene rings is 1. The minimum absolute atomic E-state index is 0.261. The summed E-state index contributed by atoms with van der Waals surface area (Å²) < 4.78 is 8.84. The van der Waals surface area contributed by atoms with Gasteiger partial charge in [0, 0.05) is 17.6 Å². The average Bonchev–Trinajstić information content (AvgIpc) is 3.25. The van der Waals surface area contributed by atoms with E-state index in [4.69, 9.17) is 4.74 Å². The maximum Gasteiger partial charge on any atom is 0.165 e.